The molecule has 2 aromatic rings. The van der Waals surface area contributed by atoms with Crippen LogP contribution in [0.15, 0.2) is 53.0 Å². The molecule has 1 aliphatic heterocycles. The molecule has 0 radical (unpaired) electrons. The van der Waals surface area contributed by atoms with E-state index in [1.165, 1.54) is 24.1 Å². The summed E-state index contributed by atoms with van der Waals surface area (Å²) in [6, 6.07) is 17.0. The van der Waals surface area contributed by atoms with Crippen LogP contribution in [0.5, 0.6) is 0 Å². The van der Waals surface area contributed by atoms with Gasteiger partial charge in [0.15, 0.2) is 5.11 Å². The fourth-order valence-electron chi connectivity index (χ4n) is 3.22. The van der Waals surface area contributed by atoms with Crippen molar-refractivity contribution in [3.63, 3.8) is 0 Å². The second-order valence-corrected chi connectivity index (χ2v) is 8.41. The summed E-state index contributed by atoms with van der Waals surface area (Å²) in [5.74, 6) is 0.856. The number of rotatable bonds is 4. The lowest BCUT2D eigenvalue weighted by atomic mass is 9.98. The number of nitrogens with zero attached hydrogens (tertiary/aromatic N) is 1. The summed E-state index contributed by atoms with van der Waals surface area (Å²) in [5, 5.41) is 7.22. The van der Waals surface area contributed by atoms with Gasteiger partial charge in [0.2, 0.25) is 0 Å². The fraction of sp³-hybridized carbons (Fsp3) is 0.381. The van der Waals surface area contributed by atoms with Crippen LogP contribution in [0.25, 0.3) is 0 Å². The molecule has 1 aliphatic rings. The number of thiocarbonyl (C=S) groups is 1. The van der Waals surface area contributed by atoms with E-state index in [1.54, 1.807) is 0 Å². The first-order valence-corrected chi connectivity index (χ1v) is 10.4. The van der Waals surface area contributed by atoms with E-state index in [0.717, 1.165) is 29.2 Å². The third-order valence-electron chi connectivity index (χ3n) is 4.99. The number of anilines is 2. The number of hydrogen-bond acceptors (Lipinski definition) is 2. The number of halogens is 1. The monoisotopic (exact) mass is 431 g/mol. The maximum Gasteiger partial charge on any atom is 0.171 e. The number of benzene rings is 2. The molecule has 1 heterocycles. The van der Waals surface area contributed by atoms with Gasteiger partial charge in [-0.3, -0.25) is 0 Å². The van der Waals surface area contributed by atoms with Crippen molar-refractivity contribution in [2.75, 3.05) is 23.3 Å². The maximum atomic E-state index is 5.44. The average molecular weight is 432 g/mol. The lowest BCUT2D eigenvalue weighted by Crippen LogP contribution is -2.33. The van der Waals surface area contributed by atoms with Crippen LogP contribution in [0.2, 0.25) is 0 Å². The zero-order valence-electron chi connectivity index (χ0n) is 15.3. The van der Waals surface area contributed by atoms with Gasteiger partial charge in [-0.1, -0.05) is 35.0 Å². The van der Waals surface area contributed by atoms with E-state index in [1.807, 2.05) is 24.3 Å². The molecule has 0 bridgehead atoms. The molecular formula is C21H26BrN3S. The molecule has 3 rings (SSSR count). The fourth-order valence-corrected chi connectivity index (χ4v) is 3.78. The van der Waals surface area contributed by atoms with Crippen molar-refractivity contribution in [2.24, 2.45) is 5.92 Å². The molecule has 1 atom stereocenters. The molecule has 2 aromatic carbocycles. The normalized spacial score (nSPS) is 16.2. The zero-order chi connectivity index (χ0) is 18.5. The van der Waals surface area contributed by atoms with Crippen molar-refractivity contribution >= 4 is 44.6 Å². The van der Waals surface area contributed by atoms with Gasteiger partial charge in [-0.2, -0.15) is 0 Å². The van der Waals surface area contributed by atoms with E-state index in [0.29, 0.717) is 5.11 Å². The first-order chi connectivity index (χ1) is 12.5. The van der Waals surface area contributed by atoms with Crippen LogP contribution in [0.3, 0.4) is 0 Å². The van der Waals surface area contributed by atoms with Crippen LogP contribution in [0.4, 0.5) is 11.4 Å². The van der Waals surface area contributed by atoms with Crippen LogP contribution in [-0.2, 0) is 0 Å². The van der Waals surface area contributed by atoms with E-state index in [4.69, 9.17) is 12.2 Å². The second-order valence-electron chi connectivity index (χ2n) is 7.09. The van der Waals surface area contributed by atoms with Gasteiger partial charge in [0.1, 0.15) is 0 Å². The quantitative estimate of drug-likeness (QED) is 0.603. The van der Waals surface area contributed by atoms with Crippen molar-refractivity contribution in [1.82, 2.24) is 5.32 Å². The summed E-state index contributed by atoms with van der Waals surface area (Å²) in [7, 11) is 0. The minimum absolute atomic E-state index is 0.154. The molecule has 0 amide bonds. The molecule has 0 aliphatic carbocycles. The third-order valence-corrected chi connectivity index (χ3v) is 5.74. The van der Waals surface area contributed by atoms with Gasteiger partial charge in [0, 0.05) is 28.9 Å². The average Bonchev–Trinajstić information content (AvgIpc) is 2.64. The second kappa shape index (κ2) is 8.87. The Labute approximate surface area is 170 Å². The molecule has 1 unspecified atom stereocenters. The smallest absolute Gasteiger partial charge is 0.171 e. The van der Waals surface area contributed by atoms with Gasteiger partial charge in [-0.25, -0.2) is 0 Å². The Kier molecular flexibility index (Phi) is 6.54. The lowest BCUT2D eigenvalue weighted by Gasteiger charge is -2.32. The van der Waals surface area contributed by atoms with Crippen LogP contribution < -0.4 is 15.5 Å². The lowest BCUT2D eigenvalue weighted by molar-refractivity contribution is 0.438. The van der Waals surface area contributed by atoms with Crippen molar-refractivity contribution in [1.29, 1.82) is 0 Å². The van der Waals surface area contributed by atoms with Gasteiger partial charge in [0.25, 0.3) is 0 Å². The summed E-state index contributed by atoms with van der Waals surface area (Å²) in [4.78, 5) is 2.49. The highest BCUT2D eigenvalue weighted by Gasteiger charge is 2.16. The first kappa shape index (κ1) is 19.2. The number of nitrogens with one attached hydrogen (secondary N) is 2. The topological polar surface area (TPSA) is 27.3 Å². The molecule has 26 heavy (non-hydrogen) atoms. The Morgan fingerprint density at radius 1 is 1.08 bits per heavy atom. The van der Waals surface area contributed by atoms with E-state index in [2.05, 4.69) is 69.6 Å². The molecule has 2 N–H and O–H groups in total. The summed E-state index contributed by atoms with van der Waals surface area (Å²) in [5.41, 5.74) is 3.54. The molecule has 0 spiro atoms. The largest absolute Gasteiger partial charge is 0.372 e. The highest BCUT2D eigenvalue weighted by Crippen LogP contribution is 2.24. The molecule has 5 heteroatoms. The number of piperidine rings is 1. The molecule has 0 aromatic heterocycles. The van der Waals surface area contributed by atoms with Gasteiger partial charge in [-0.05, 0) is 79.9 Å². The van der Waals surface area contributed by atoms with E-state index in [9.17, 15) is 0 Å². The summed E-state index contributed by atoms with van der Waals surface area (Å²) >= 11 is 8.88. The van der Waals surface area contributed by atoms with Crippen LogP contribution in [0, 0.1) is 5.92 Å². The highest BCUT2D eigenvalue weighted by molar-refractivity contribution is 9.10. The predicted octanol–water partition coefficient (Wildman–Crippen LogP) is 5.73. The minimum atomic E-state index is 0.154. The first-order valence-electron chi connectivity index (χ1n) is 9.19. The minimum Gasteiger partial charge on any atom is -0.372 e. The Hall–Kier alpha value is -1.59. The summed E-state index contributed by atoms with van der Waals surface area (Å²) < 4.78 is 1.05. The summed E-state index contributed by atoms with van der Waals surface area (Å²) in [6.45, 7) is 6.80. The van der Waals surface area contributed by atoms with Crippen LogP contribution in [-0.4, -0.2) is 18.2 Å². The van der Waals surface area contributed by atoms with E-state index >= 15 is 0 Å². The molecule has 138 valence electrons. The Balaban J connectivity index is 1.54. The highest BCUT2D eigenvalue weighted by atomic mass is 79.9. The van der Waals surface area contributed by atoms with Gasteiger partial charge < -0.3 is 15.5 Å². The van der Waals surface area contributed by atoms with Crippen molar-refractivity contribution in [3.05, 3.63) is 58.6 Å². The Morgan fingerprint density at radius 3 is 2.31 bits per heavy atom. The van der Waals surface area contributed by atoms with Crippen LogP contribution in [0.1, 0.15) is 38.3 Å². The molecule has 0 saturated carbocycles. The standard InChI is InChI=1S/C21H26BrN3S/c1-15-11-13-25(14-12-15)20-9-3-17(4-10-20)16(2)23-21(26)24-19-7-5-18(22)6-8-19/h3-10,15-16H,11-14H2,1-2H3,(H2,23,24,26). The van der Waals surface area contributed by atoms with Crippen LogP contribution >= 0.6 is 28.1 Å². The maximum absolute atomic E-state index is 5.44. The van der Waals surface area contributed by atoms with E-state index in [-0.39, 0.29) is 6.04 Å². The Morgan fingerprint density at radius 2 is 1.69 bits per heavy atom. The SMILES string of the molecule is CC1CCN(c2ccc(C(C)NC(=S)Nc3ccc(Br)cc3)cc2)CC1. The third kappa shape index (κ3) is 5.21. The van der Waals surface area contributed by atoms with Crippen molar-refractivity contribution in [2.45, 2.75) is 32.7 Å². The molecular weight excluding hydrogens is 406 g/mol. The predicted molar refractivity (Wildman–Crippen MR) is 119 cm³/mol. The summed E-state index contributed by atoms with van der Waals surface area (Å²) in [6.07, 6.45) is 2.57. The van der Waals surface area contributed by atoms with Gasteiger partial charge in [0.05, 0.1) is 6.04 Å². The van der Waals surface area contributed by atoms with E-state index < -0.39 is 0 Å². The Bertz CT molecular complexity index is 722. The van der Waals surface area contributed by atoms with Crippen molar-refractivity contribution in [3.8, 4) is 0 Å². The van der Waals surface area contributed by atoms with Gasteiger partial charge in [-0.15, -0.1) is 0 Å². The number of hydrogen-bond donors (Lipinski definition) is 2. The van der Waals surface area contributed by atoms with Crippen molar-refractivity contribution < 1.29 is 0 Å². The molecule has 1 saturated heterocycles. The van der Waals surface area contributed by atoms with Gasteiger partial charge >= 0.3 is 0 Å². The zero-order valence-corrected chi connectivity index (χ0v) is 17.7. The molecule has 3 nitrogen and oxygen atoms in total. The molecule has 1 fully saturated rings.